The van der Waals surface area contributed by atoms with Gasteiger partial charge in [-0.05, 0) is 40.7 Å². The van der Waals surface area contributed by atoms with Crippen LogP contribution in [0.3, 0.4) is 0 Å². The summed E-state index contributed by atoms with van der Waals surface area (Å²) in [5.41, 5.74) is 2.33. The number of H-pyrrole nitrogens is 1. The third kappa shape index (κ3) is 1.73. The lowest BCUT2D eigenvalue weighted by Crippen LogP contribution is -2.10. The maximum absolute atomic E-state index is 12.3. The van der Waals surface area contributed by atoms with Gasteiger partial charge in [-0.3, -0.25) is 4.79 Å². The summed E-state index contributed by atoms with van der Waals surface area (Å²) >= 11 is 3.54. The van der Waals surface area contributed by atoms with Crippen LogP contribution in [0, 0.1) is 13.8 Å². The maximum atomic E-state index is 12.3. The summed E-state index contributed by atoms with van der Waals surface area (Å²) in [7, 11) is 1.58. The van der Waals surface area contributed by atoms with Crippen molar-refractivity contribution in [1.29, 1.82) is 0 Å². The van der Waals surface area contributed by atoms with Gasteiger partial charge in [-0.2, -0.15) is 0 Å². The molecule has 2 aromatic heterocycles. The van der Waals surface area contributed by atoms with Crippen molar-refractivity contribution in [3.05, 3.63) is 44.3 Å². The van der Waals surface area contributed by atoms with E-state index in [-0.39, 0.29) is 5.56 Å². The minimum atomic E-state index is -0.0902. The monoisotopic (exact) mass is 332 g/mol. The number of halogens is 1. The van der Waals surface area contributed by atoms with Gasteiger partial charge in [-0.15, -0.1) is 0 Å². The SMILES string of the molecule is COc1nc(C)c2[nH]c(=O)c3c(C)cccc3c2c1Br. The second kappa shape index (κ2) is 4.59. The Labute approximate surface area is 123 Å². The van der Waals surface area contributed by atoms with Crippen LogP contribution in [0.5, 0.6) is 5.88 Å². The molecule has 0 radical (unpaired) electrons. The molecule has 0 aliphatic heterocycles. The molecule has 5 heteroatoms. The first-order valence-electron chi connectivity index (χ1n) is 6.20. The number of aryl methyl sites for hydroxylation is 2. The lowest BCUT2D eigenvalue weighted by atomic mass is 10.0. The van der Waals surface area contributed by atoms with Gasteiger partial charge >= 0.3 is 0 Å². The highest BCUT2D eigenvalue weighted by Crippen LogP contribution is 2.35. The molecule has 0 spiro atoms. The second-order valence-corrected chi connectivity index (χ2v) is 5.52. The Bertz CT molecular complexity index is 900. The molecule has 0 aliphatic rings. The highest BCUT2D eigenvalue weighted by Gasteiger charge is 2.16. The number of pyridine rings is 2. The van der Waals surface area contributed by atoms with E-state index in [0.717, 1.165) is 32.0 Å². The normalized spacial score (nSPS) is 11.2. The van der Waals surface area contributed by atoms with Crippen LogP contribution in [0.2, 0.25) is 0 Å². The van der Waals surface area contributed by atoms with E-state index >= 15 is 0 Å². The Kier molecular flexibility index (Phi) is 3.01. The van der Waals surface area contributed by atoms with Crippen molar-refractivity contribution in [2.75, 3.05) is 7.11 Å². The third-order valence-electron chi connectivity index (χ3n) is 3.49. The standard InChI is InChI=1S/C15H13BrN2O2/c1-7-5-4-6-9-10(7)14(19)18-13-8(2)17-15(20-3)12(16)11(9)13/h4-6H,1-3H3,(H,18,19). The number of benzene rings is 1. The number of nitrogens with zero attached hydrogens (tertiary/aromatic N) is 1. The maximum Gasteiger partial charge on any atom is 0.256 e. The van der Waals surface area contributed by atoms with Crippen LogP contribution in [-0.4, -0.2) is 17.1 Å². The van der Waals surface area contributed by atoms with Gasteiger partial charge in [0.25, 0.3) is 5.56 Å². The molecule has 0 bridgehead atoms. The molecule has 1 N–H and O–H groups in total. The molecule has 3 rings (SSSR count). The number of hydrogen-bond donors (Lipinski definition) is 1. The average Bonchev–Trinajstić information content (AvgIpc) is 2.42. The van der Waals surface area contributed by atoms with E-state index in [1.807, 2.05) is 32.0 Å². The van der Waals surface area contributed by atoms with Crippen molar-refractivity contribution in [2.24, 2.45) is 0 Å². The predicted octanol–water partition coefficient (Wildman–Crippen LogP) is 3.46. The molecule has 2 heterocycles. The van der Waals surface area contributed by atoms with Crippen LogP contribution >= 0.6 is 15.9 Å². The van der Waals surface area contributed by atoms with Crippen LogP contribution in [-0.2, 0) is 0 Å². The van der Waals surface area contributed by atoms with Gasteiger partial charge in [0, 0.05) is 5.39 Å². The van der Waals surface area contributed by atoms with E-state index in [1.54, 1.807) is 7.11 Å². The predicted molar refractivity (Wildman–Crippen MR) is 83.6 cm³/mol. The fraction of sp³-hybridized carbons (Fsp3) is 0.200. The minimum Gasteiger partial charge on any atom is -0.480 e. The number of methoxy groups -OCH3 is 1. The lowest BCUT2D eigenvalue weighted by molar-refractivity contribution is 0.395. The Balaban J connectivity index is 2.69. The minimum absolute atomic E-state index is 0.0902. The van der Waals surface area contributed by atoms with Crippen molar-refractivity contribution in [2.45, 2.75) is 13.8 Å². The Morgan fingerprint density at radius 3 is 2.70 bits per heavy atom. The quantitative estimate of drug-likeness (QED) is 0.694. The summed E-state index contributed by atoms with van der Waals surface area (Å²) in [6.07, 6.45) is 0. The zero-order valence-electron chi connectivity index (χ0n) is 11.4. The third-order valence-corrected chi connectivity index (χ3v) is 4.23. The molecule has 0 saturated heterocycles. The fourth-order valence-corrected chi connectivity index (χ4v) is 3.21. The Morgan fingerprint density at radius 2 is 2.00 bits per heavy atom. The molecule has 102 valence electrons. The molecule has 3 aromatic rings. The summed E-state index contributed by atoms with van der Waals surface area (Å²) in [4.78, 5) is 19.6. The van der Waals surface area contributed by atoms with E-state index in [1.165, 1.54) is 0 Å². The number of aromatic amines is 1. The van der Waals surface area contributed by atoms with Crippen molar-refractivity contribution in [3.63, 3.8) is 0 Å². The van der Waals surface area contributed by atoms with Crippen molar-refractivity contribution in [3.8, 4) is 5.88 Å². The number of ether oxygens (including phenoxy) is 1. The van der Waals surface area contributed by atoms with Gasteiger partial charge in [0.15, 0.2) is 0 Å². The van der Waals surface area contributed by atoms with Crippen LogP contribution in [0.25, 0.3) is 21.7 Å². The number of aromatic nitrogens is 2. The van der Waals surface area contributed by atoms with E-state index in [0.29, 0.717) is 11.3 Å². The first-order valence-corrected chi connectivity index (χ1v) is 6.99. The van der Waals surface area contributed by atoms with Gasteiger partial charge in [0.05, 0.1) is 28.2 Å². The van der Waals surface area contributed by atoms with Gasteiger partial charge in [0.2, 0.25) is 5.88 Å². The van der Waals surface area contributed by atoms with Crippen LogP contribution in [0.4, 0.5) is 0 Å². The highest BCUT2D eigenvalue weighted by molar-refractivity contribution is 9.10. The summed E-state index contributed by atoms with van der Waals surface area (Å²) in [5, 5.41) is 2.53. The summed E-state index contributed by atoms with van der Waals surface area (Å²) < 4.78 is 6.05. The molecule has 1 aromatic carbocycles. The molecule has 0 atom stereocenters. The molecular formula is C15H13BrN2O2. The summed E-state index contributed by atoms with van der Waals surface area (Å²) in [6.45, 7) is 3.79. The van der Waals surface area contributed by atoms with Gasteiger partial charge < -0.3 is 9.72 Å². The van der Waals surface area contributed by atoms with Crippen molar-refractivity contribution in [1.82, 2.24) is 9.97 Å². The number of rotatable bonds is 1. The Hall–Kier alpha value is -1.88. The first kappa shape index (κ1) is 13.1. The topological polar surface area (TPSA) is 55.0 Å². The van der Waals surface area contributed by atoms with Crippen LogP contribution in [0.1, 0.15) is 11.3 Å². The summed E-state index contributed by atoms with van der Waals surface area (Å²) in [5.74, 6) is 0.518. The number of nitrogens with one attached hydrogen (secondary N) is 1. The smallest absolute Gasteiger partial charge is 0.256 e. The lowest BCUT2D eigenvalue weighted by Gasteiger charge is -2.12. The first-order chi connectivity index (χ1) is 9.54. The van der Waals surface area contributed by atoms with E-state index < -0.39 is 0 Å². The van der Waals surface area contributed by atoms with Gasteiger partial charge in [0.1, 0.15) is 0 Å². The Morgan fingerprint density at radius 1 is 1.25 bits per heavy atom. The molecule has 0 amide bonds. The van der Waals surface area contributed by atoms with Gasteiger partial charge in [-0.1, -0.05) is 18.2 Å². The largest absolute Gasteiger partial charge is 0.480 e. The average molecular weight is 333 g/mol. The molecular weight excluding hydrogens is 320 g/mol. The molecule has 20 heavy (non-hydrogen) atoms. The van der Waals surface area contributed by atoms with Crippen molar-refractivity contribution < 1.29 is 4.74 Å². The van der Waals surface area contributed by atoms with E-state index in [2.05, 4.69) is 25.9 Å². The van der Waals surface area contributed by atoms with Crippen LogP contribution < -0.4 is 10.3 Å². The summed E-state index contributed by atoms with van der Waals surface area (Å²) in [6, 6.07) is 5.83. The fourth-order valence-electron chi connectivity index (χ4n) is 2.55. The zero-order valence-corrected chi connectivity index (χ0v) is 13.0. The van der Waals surface area contributed by atoms with E-state index in [4.69, 9.17) is 4.74 Å². The number of fused-ring (bicyclic) bond motifs is 3. The molecule has 0 fully saturated rings. The number of hydrogen-bond acceptors (Lipinski definition) is 3. The second-order valence-electron chi connectivity index (χ2n) is 4.72. The van der Waals surface area contributed by atoms with E-state index in [9.17, 15) is 4.79 Å². The van der Waals surface area contributed by atoms with Crippen molar-refractivity contribution >= 4 is 37.6 Å². The zero-order chi connectivity index (χ0) is 14.4. The van der Waals surface area contributed by atoms with Crippen LogP contribution in [0.15, 0.2) is 27.5 Å². The molecule has 0 aliphatic carbocycles. The molecule has 4 nitrogen and oxygen atoms in total. The molecule has 0 saturated carbocycles. The highest BCUT2D eigenvalue weighted by atomic mass is 79.9. The van der Waals surface area contributed by atoms with Gasteiger partial charge in [-0.25, -0.2) is 4.98 Å². The molecule has 0 unspecified atom stereocenters.